The standard InChI is InChI=1S/C18H18N2O5/c21-15-6-1-13(2-7-15)3-10-17(22)19-11-12-25-16-8-4-14(5-9-16)18(23)20-24/h1-10,21,24H,11-12H2,(H,19,22)(H,20,23)/b10-3+. The third-order valence-corrected chi connectivity index (χ3v) is 3.21. The van der Waals surface area contributed by atoms with Gasteiger partial charge in [0.1, 0.15) is 18.1 Å². The molecule has 7 nitrogen and oxygen atoms in total. The lowest BCUT2D eigenvalue weighted by Gasteiger charge is -2.07. The molecule has 0 fully saturated rings. The summed E-state index contributed by atoms with van der Waals surface area (Å²) >= 11 is 0. The third-order valence-electron chi connectivity index (χ3n) is 3.21. The fourth-order valence-electron chi connectivity index (χ4n) is 1.93. The molecule has 0 bridgehead atoms. The zero-order valence-corrected chi connectivity index (χ0v) is 13.3. The first-order chi connectivity index (χ1) is 12.1. The van der Waals surface area contributed by atoms with Crippen molar-refractivity contribution in [1.29, 1.82) is 0 Å². The smallest absolute Gasteiger partial charge is 0.274 e. The number of hydrogen-bond donors (Lipinski definition) is 4. The van der Waals surface area contributed by atoms with Gasteiger partial charge in [-0.15, -0.1) is 0 Å². The molecule has 0 atom stereocenters. The number of phenols is 1. The van der Waals surface area contributed by atoms with Gasteiger partial charge < -0.3 is 15.2 Å². The van der Waals surface area contributed by atoms with Gasteiger partial charge >= 0.3 is 0 Å². The first-order valence-electron chi connectivity index (χ1n) is 7.51. The highest BCUT2D eigenvalue weighted by Gasteiger charge is 2.03. The van der Waals surface area contributed by atoms with E-state index in [1.165, 1.54) is 18.2 Å². The highest BCUT2D eigenvalue weighted by molar-refractivity contribution is 5.93. The molecule has 0 aliphatic heterocycles. The summed E-state index contributed by atoms with van der Waals surface area (Å²) in [7, 11) is 0. The number of phenolic OH excluding ortho intramolecular Hbond substituents is 1. The quantitative estimate of drug-likeness (QED) is 0.265. The van der Waals surface area contributed by atoms with Crippen molar-refractivity contribution < 1.29 is 24.6 Å². The van der Waals surface area contributed by atoms with Gasteiger partial charge in [-0.25, -0.2) is 5.48 Å². The number of carbonyl (C=O) groups excluding carboxylic acids is 2. The molecule has 0 heterocycles. The van der Waals surface area contributed by atoms with Crippen LogP contribution in [-0.4, -0.2) is 35.3 Å². The topological polar surface area (TPSA) is 108 Å². The molecule has 2 aromatic rings. The largest absolute Gasteiger partial charge is 0.508 e. The van der Waals surface area contributed by atoms with Crippen molar-refractivity contribution in [3.63, 3.8) is 0 Å². The Morgan fingerprint density at radius 1 is 1.04 bits per heavy atom. The van der Waals surface area contributed by atoms with Gasteiger partial charge in [0.15, 0.2) is 0 Å². The van der Waals surface area contributed by atoms with Gasteiger partial charge in [-0.2, -0.15) is 0 Å². The molecule has 2 rings (SSSR count). The summed E-state index contributed by atoms with van der Waals surface area (Å²) in [6.07, 6.45) is 3.04. The van der Waals surface area contributed by atoms with E-state index in [9.17, 15) is 14.7 Å². The summed E-state index contributed by atoms with van der Waals surface area (Å²) in [5, 5.41) is 20.4. The molecule has 7 heteroatoms. The summed E-state index contributed by atoms with van der Waals surface area (Å²) in [6.45, 7) is 0.585. The second kappa shape index (κ2) is 9.09. The van der Waals surface area contributed by atoms with Crippen LogP contribution in [0.5, 0.6) is 11.5 Å². The fraction of sp³-hybridized carbons (Fsp3) is 0.111. The number of hydrogen-bond acceptors (Lipinski definition) is 5. The average Bonchev–Trinajstić information content (AvgIpc) is 2.64. The van der Waals surface area contributed by atoms with E-state index < -0.39 is 5.91 Å². The Balaban J connectivity index is 1.70. The van der Waals surface area contributed by atoms with E-state index in [1.807, 2.05) is 0 Å². The van der Waals surface area contributed by atoms with E-state index in [1.54, 1.807) is 48.0 Å². The molecule has 0 saturated heterocycles. The normalized spacial score (nSPS) is 10.4. The summed E-state index contributed by atoms with van der Waals surface area (Å²) in [6, 6.07) is 12.7. The fourth-order valence-corrected chi connectivity index (χ4v) is 1.93. The highest BCUT2D eigenvalue weighted by Crippen LogP contribution is 2.12. The summed E-state index contributed by atoms with van der Waals surface area (Å²) < 4.78 is 5.44. The molecule has 4 N–H and O–H groups in total. The lowest BCUT2D eigenvalue weighted by Crippen LogP contribution is -2.26. The second-order valence-corrected chi connectivity index (χ2v) is 5.03. The highest BCUT2D eigenvalue weighted by atomic mass is 16.5. The second-order valence-electron chi connectivity index (χ2n) is 5.03. The van der Waals surface area contributed by atoms with Gasteiger partial charge in [0.05, 0.1) is 6.54 Å². The van der Waals surface area contributed by atoms with Crippen molar-refractivity contribution in [3.8, 4) is 11.5 Å². The van der Waals surface area contributed by atoms with Crippen LogP contribution >= 0.6 is 0 Å². The molecule has 0 aliphatic rings. The Bertz CT molecular complexity index is 739. The van der Waals surface area contributed by atoms with Crippen molar-refractivity contribution in [3.05, 3.63) is 65.7 Å². The van der Waals surface area contributed by atoms with Crippen molar-refractivity contribution >= 4 is 17.9 Å². The van der Waals surface area contributed by atoms with Crippen LogP contribution < -0.4 is 15.5 Å². The van der Waals surface area contributed by atoms with Gasteiger partial charge in [-0.05, 0) is 48.0 Å². The van der Waals surface area contributed by atoms with E-state index in [0.29, 0.717) is 17.9 Å². The van der Waals surface area contributed by atoms with Crippen LogP contribution in [0.1, 0.15) is 15.9 Å². The monoisotopic (exact) mass is 342 g/mol. The number of amides is 2. The van der Waals surface area contributed by atoms with Crippen LogP contribution in [-0.2, 0) is 4.79 Å². The minimum Gasteiger partial charge on any atom is -0.508 e. The number of benzene rings is 2. The number of ether oxygens (including phenoxy) is 1. The molecular weight excluding hydrogens is 324 g/mol. The lowest BCUT2D eigenvalue weighted by atomic mass is 10.2. The van der Waals surface area contributed by atoms with Gasteiger partial charge in [0.2, 0.25) is 5.91 Å². The van der Waals surface area contributed by atoms with Crippen LogP contribution in [0.3, 0.4) is 0 Å². The molecule has 130 valence electrons. The maximum atomic E-state index is 11.7. The molecule has 0 spiro atoms. The minimum absolute atomic E-state index is 0.170. The molecule has 2 amide bonds. The van der Waals surface area contributed by atoms with Gasteiger partial charge in [0.25, 0.3) is 5.91 Å². The maximum absolute atomic E-state index is 11.7. The van der Waals surface area contributed by atoms with Crippen molar-refractivity contribution in [1.82, 2.24) is 10.8 Å². The Kier molecular flexibility index (Phi) is 6.56. The first kappa shape index (κ1) is 18.0. The van der Waals surface area contributed by atoms with Crippen LogP contribution in [0.4, 0.5) is 0 Å². The first-order valence-corrected chi connectivity index (χ1v) is 7.51. The predicted octanol–water partition coefficient (Wildman–Crippen LogP) is 1.72. The number of aromatic hydroxyl groups is 1. The van der Waals surface area contributed by atoms with E-state index in [-0.39, 0.29) is 18.3 Å². The summed E-state index contributed by atoms with van der Waals surface area (Å²) in [4.78, 5) is 22.8. The molecule has 0 saturated carbocycles. The summed E-state index contributed by atoms with van der Waals surface area (Å²) in [5.74, 6) is -0.141. The minimum atomic E-state index is -0.598. The van der Waals surface area contributed by atoms with E-state index in [4.69, 9.17) is 9.94 Å². The molecular formula is C18H18N2O5. The SMILES string of the molecule is O=C(/C=C/c1ccc(O)cc1)NCCOc1ccc(C(=O)NO)cc1. The molecule has 0 radical (unpaired) electrons. The molecule has 0 aliphatic carbocycles. The zero-order valence-electron chi connectivity index (χ0n) is 13.3. The van der Waals surface area contributed by atoms with E-state index in [2.05, 4.69) is 5.32 Å². The van der Waals surface area contributed by atoms with Crippen LogP contribution in [0.15, 0.2) is 54.6 Å². The zero-order chi connectivity index (χ0) is 18.1. The Morgan fingerprint density at radius 3 is 2.36 bits per heavy atom. The Morgan fingerprint density at radius 2 is 1.72 bits per heavy atom. The van der Waals surface area contributed by atoms with Gasteiger partial charge in [-0.1, -0.05) is 12.1 Å². The summed E-state index contributed by atoms with van der Waals surface area (Å²) in [5.41, 5.74) is 2.66. The van der Waals surface area contributed by atoms with Crippen LogP contribution in [0.25, 0.3) is 6.08 Å². The van der Waals surface area contributed by atoms with Crippen LogP contribution in [0.2, 0.25) is 0 Å². The van der Waals surface area contributed by atoms with E-state index >= 15 is 0 Å². The van der Waals surface area contributed by atoms with Gasteiger partial charge in [0, 0.05) is 11.6 Å². The van der Waals surface area contributed by atoms with Crippen LogP contribution in [0, 0.1) is 0 Å². The average molecular weight is 342 g/mol. The lowest BCUT2D eigenvalue weighted by molar-refractivity contribution is -0.116. The predicted molar refractivity (Wildman–Crippen MR) is 91.3 cm³/mol. The number of hydroxylamine groups is 1. The maximum Gasteiger partial charge on any atom is 0.274 e. The Hall–Kier alpha value is -3.32. The van der Waals surface area contributed by atoms with Gasteiger partial charge in [-0.3, -0.25) is 14.8 Å². The molecule has 0 aromatic heterocycles. The van der Waals surface area contributed by atoms with Crippen molar-refractivity contribution in [2.75, 3.05) is 13.2 Å². The Labute approximate surface area is 144 Å². The third kappa shape index (κ3) is 6.00. The number of rotatable bonds is 7. The number of carbonyl (C=O) groups is 2. The van der Waals surface area contributed by atoms with Crippen molar-refractivity contribution in [2.24, 2.45) is 0 Å². The molecule has 0 unspecified atom stereocenters. The van der Waals surface area contributed by atoms with Crippen molar-refractivity contribution in [2.45, 2.75) is 0 Å². The van der Waals surface area contributed by atoms with E-state index in [0.717, 1.165) is 5.56 Å². The molecule has 2 aromatic carbocycles. The molecule has 25 heavy (non-hydrogen) atoms. The number of nitrogens with one attached hydrogen (secondary N) is 2.